The first-order chi connectivity index (χ1) is 11.7. The molecule has 1 aliphatic rings. The van der Waals surface area contributed by atoms with Crippen LogP contribution in [0.1, 0.15) is 23.6 Å². The van der Waals surface area contributed by atoms with Gasteiger partial charge in [0.25, 0.3) is 0 Å². The molecule has 3 rings (SSSR count). The maximum absolute atomic E-state index is 13.6. The Labute approximate surface area is 141 Å². The van der Waals surface area contributed by atoms with Crippen molar-refractivity contribution in [1.82, 2.24) is 10.6 Å². The van der Waals surface area contributed by atoms with Gasteiger partial charge in [-0.05, 0) is 23.3 Å². The van der Waals surface area contributed by atoms with E-state index in [1.807, 2.05) is 36.4 Å². The molecule has 2 N–H and O–H groups in total. The molecule has 4 nitrogen and oxygen atoms in total. The first-order valence-electron chi connectivity index (χ1n) is 8.13. The summed E-state index contributed by atoms with van der Waals surface area (Å²) in [6, 6.07) is 15.6. The number of halogens is 1. The quantitative estimate of drug-likeness (QED) is 0.886. The molecule has 0 bridgehead atoms. The summed E-state index contributed by atoms with van der Waals surface area (Å²) in [5.41, 5.74) is 1.65. The van der Waals surface area contributed by atoms with Crippen LogP contribution in [0.4, 0.5) is 4.39 Å². The van der Waals surface area contributed by atoms with Gasteiger partial charge in [0.15, 0.2) is 0 Å². The van der Waals surface area contributed by atoms with Crippen molar-refractivity contribution >= 4 is 5.91 Å². The Bertz CT molecular complexity index is 672. The molecule has 0 saturated carbocycles. The van der Waals surface area contributed by atoms with E-state index in [-0.39, 0.29) is 23.8 Å². The summed E-state index contributed by atoms with van der Waals surface area (Å²) in [4.78, 5) is 12.5. The molecule has 2 aromatic carbocycles. The number of benzene rings is 2. The number of morpholine rings is 1. The fourth-order valence-corrected chi connectivity index (χ4v) is 2.89. The normalized spacial score (nSPS) is 18.8. The van der Waals surface area contributed by atoms with Gasteiger partial charge in [-0.25, -0.2) is 4.39 Å². The standard InChI is InChI=1S/C19H21FN2O2/c20-16-8-4-7-15(11-16)19(14-5-2-1-3-6-14)22-18(23)12-17-13-24-10-9-21-17/h1-8,11,17,19,21H,9-10,12-13H2,(H,22,23). The molecule has 0 aliphatic carbocycles. The molecule has 126 valence electrons. The minimum Gasteiger partial charge on any atom is -0.378 e. The molecular weight excluding hydrogens is 307 g/mol. The number of amides is 1. The van der Waals surface area contributed by atoms with Crippen LogP contribution in [0.3, 0.4) is 0 Å². The SMILES string of the molecule is O=C(CC1COCCN1)NC(c1ccccc1)c1cccc(F)c1. The van der Waals surface area contributed by atoms with Crippen molar-refractivity contribution in [2.24, 2.45) is 0 Å². The second-order valence-electron chi connectivity index (χ2n) is 5.90. The van der Waals surface area contributed by atoms with Gasteiger partial charge in [0.05, 0.1) is 19.3 Å². The van der Waals surface area contributed by atoms with Gasteiger partial charge in [0.1, 0.15) is 5.82 Å². The molecule has 0 radical (unpaired) electrons. The van der Waals surface area contributed by atoms with Gasteiger partial charge in [-0.15, -0.1) is 0 Å². The smallest absolute Gasteiger partial charge is 0.222 e. The van der Waals surface area contributed by atoms with Crippen LogP contribution < -0.4 is 10.6 Å². The number of nitrogens with one attached hydrogen (secondary N) is 2. The van der Waals surface area contributed by atoms with Gasteiger partial charge in [-0.1, -0.05) is 42.5 Å². The van der Waals surface area contributed by atoms with Crippen LogP contribution in [0.5, 0.6) is 0 Å². The lowest BCUT2D eigenvalue weighted by molar-refractivity contribution is -0.122. The molecule has 2 atom stereocenters. The summed E-state index contributed by atoms with van der Waals surface area (Å²) >= 11 is 0. The third-order valence-corrected chi connectivity index (χ3v) is 4.05. The molecule has 1 heterocycles. The van der Waals surface area contributed by atoms with E-state index in [1.54, 1.807) is 6.07 Å². The van der Waals surface area contributed by atoms with E-state index in [1.165, 1.54) is 12.1 Å². The van der Waals surface area contributed by atoms with E-state index in [4.69, 9.17) is 4.74 Å². The van der Waals surface area contributed by atoms with Crippen LogP contribution >= 0.6 is 0 Å². The van der Waals surface area contributed by atoms with Gasteiger partial charge in [-0.3, -0.25) is 4.79 Å². The Kier molecular flexibility index (Phi) is 5.56. The number of carbonyl (C=O) groups is 1. The van der Waals surface area contributed by atoms with Gasteiger partial charge < -0.3 is 15.4 Å². The maximum atomic E-state index is 13.6. The van der Waals surface area contributed by atoms with E-state index >= 15 is 0 Å². The molecule has 24 heavy (non-hydrogen) atoms. The monoisotopic (exact) mass is 328 g/mol. The van der Waals surface area contributed by atoms with Crippen LogP contribution in [-0.2, 0) is 9.53 Å². The molecule has 1 amide bonds. The molecule has 1 fully saturated rings. The van der Waals surface area contributed by atoms with Gasteiger partial charge in [0.2, 0.25) is 5.91 Å². The lowest BCUT2D eigenvalue weighted by Crippen LogP contribution is -2.44. The number of hydrogen-bond donors (Lipinski definition) is 2. The van der Waals surface area contributed by atoms with E-state index in [9.17, 15) is 9.18 Å². The van der Waals surface area contributed by atoms with E-state index in [2.05, 4.69) is 10.6 Å². The second kappa shape index (κ2) is 8.04. The van der Waals surface area contributed by atoms with Gasteiger partial charge in [0, 0.05) is 19.0 Å². The second-order valence-corrected chi connectivity index (χ2v) is 5.90. The zero-order chi connectivity index (χ0) is 16.8. The fraction of sp³-hybridized carbons (Fsp3) is 0.316. The summed E-state index contributed by atoms with van der Waals surface area (Å²) in [6.45, 7) is 1.96. The molecular formula is C19H21FN2O2. The van der Waals surface area contributed by atoms with Crippen molar-refractivity contribution in [3.63, 3.8) is 0 Å². The Hall–Kier alpha value is -2.24. The van der Waals surface area contributed by atoms with Crippen LogP contribution in [0.15, 0.2) is 54.6 Å². The first kappa shape index (κ1) is 16.6. The summed E-state index contributed by atoms with van der Waals surface area (Å²) in [7, 11) is 0. The van der Waals surface area contributed by atoms with Crippen molar-refractivity contribution in [3.8, 4) is 0 Å². The third-order valence-electron chi connectivity index (χ3n) is 4.05. The predicted molar refractivity (Wildman–Crippen MR) is 90.1 cm³/mol. The van der Waals surface area contributed by atoms with Crippen molar-refractivity contribution in [3.05, 3.63) is 71.5 Å². The Balaban J connectivity index is 1.76. The largest absolute Gasteiger partial charge is 0.378 e. The molecule has 5 heteroatoms. The van der Waals surface area contributed by atoms with Crippen LogP contribution in [0.2, 0.25) is 0 Å². The Morgan fingerprint density at radius 2 is 2.00 bits per heavy atom. The zero-order valence-corrected chi connectivity index (χ0v) is 13.4. The number of carbonyl (C=O) groups excluding carboxylic acids is 1. The number of rotatable bonds is 5. The molecule has 2 aromatic rings. The summed E-state index contributed by atoms with van der Waals surface area (Å²) in [5, 5.41) is 6.29. The first-order valence-corrected chi connectivity index (χ1v) is 8.13. The van der Waals surface area contributed by atoms with Crippen LogP contribution in [0, 0.1) is 5.82 Å². The molecule has 2 unspecified atom stereocenters. The molecule has 1 aliphatic heterocycles. The summed E-state index contributed by atoms with van der Waals surface area (Å²) in [6.07, 6.45) is 0.332. The highest BCUT2D eigenvalue weighted by molar-refractivity contribution is 5.77. The van der Waals surface area contributed by atoms with Gasteiger partial charge >= 0.3 is 0 Å². The Morgan fingerprint density at radius 1 is 1.21 bits per heavy atom. The minimum atomic E-state index is -0.376. The molecule has 1 saturated heterocycles. The van der Waals surface area contributed by atoms with Crippen molar-refractivity contribution < 1.29 is 13.9 Å². The average molecular weight is 328 g/mol. The summed E-state index contributed by atoms with van der Waals surface area (Å²) in [5.74, 6) is -0.402. The highest BCUT2D eigenvalue weighted by atomic mass is 19.1. The highest BCUT2D eigenvalue weighted by Gasteiger charge is 2.21. The maximum Gasteiger partial charge on any atom is 0.222 e. The van der Waals surface area contributed by atoms with Crippen molar-refractivity contribution in [1.29, 1.82) is 0 Å². The lowest BCUT2D eigenvalue weighted by atomic mass is 9.98. The average Bonchev–Trinajstić information content (AvgIpc) is 2.61. The molecule has 0 aromatic heterocycles. The lowest BCUT2D eigenvalue weighted by Gasteiger charge is -2.25. The molecule has 0 spiro atoms. The fourth-order valence-electron chi connectivity index (χ4n) is 2.89. The minimum absolute atomic E-state index is 0.0164. The Morgan fingerprint density at radius 3 is 2.71 bits per heavy atom. The zero-order valence-electron chi connectivity index (χ0n) is 13.4. The predicted octanol–water partition coefficient (Wildman–Crippen LogP) is 2.41. The van der Waals surface area contributed by atoms with Crippen LogP contribution in [-0.4, -0.2) is 31.7 Å². The van der Waals surface area contributed by atoms with Crippen molar-refractivity contribution in [2.45, 2.75) is 18.5 Å². The van der Waals surface area contributed by atoms with E-state index < -0.39 is 0 Å². The summed E-state index contributed by atoms with van der Waals surface area (Å²) < 4.78 is 19.0. The third kappa shape index (κ3) is 4.40. The van der Waals surface area contributed by atoms with Crippen LogP contribution in [0.25, 0.3) is 0 Å². The van der Waals surface area contributed by atoms with E-state index in [0.29, 0.717) is 19.6 Å². The highest BCUT2D eigenvalue weighted by Crippen LogP contribution is 2.23. The number of ether oxygens (including phenoxy) is 1. The number of hydrogen-bond acceptors (Lipinski definition) is 3. The van der Waals surface area contributed by atoms with E-state index in [0.717, 1.165) is 17.7 Å². The topological polar surface area (TPSA) is 50.4 Å². The van der Waals surface area contributed by atoms with Crippen molar-refractivity contribution in [2.75, 3.05) is 19.8 Å². The van der Waals surface area contributed by atoms with Gasteiger partial charge in [-0.2, -0.15) is 0 Å².